The smallest absolute Gasteiger partial charge is 0.270 e. The number of hydrogen-bond donors (Lipinski definition) is 1. The van der Waals surface area contributed by atoms with E-state index in [4.69, 9.17) is 21.1 Å². The van der Waals surface area contributed by atoms with Crippen molar-refractivity contribution in [3.63, 3.8) is 0 Å². The number of nitro benzene ring substituents is 1. The van der Waals surface area contributed by atoms with E-state index in [1.165, 1.54) is 16.8 Å². The molecule has 0 aliphatic carbocycles. The van der Waals surface area contributed by atoms with E-state index in [0.29, 0.717) is 52.1 Å². The van der Waals surface area contributed by atoms with Gasteiger partial charge in [0.1, 0.15) is 5.69 Å². The summed E-state index contributed by atoms with van der Waals surface area (Å²) in [4.78, 5) is 23.7. The maximum Gasteiger partial charge on any atom is 0.270 e. The molecule has 0 saturated carbocycles. The van der Waals surface area contributed by atoms with Gasteiger partial charge in [0, 0.05) is 29.3 Å². The van der Waals surface area contributed by atoms with Gasteiger partial charge in [0.15, 0.2) is 11.5 Å². The molecule has 0 atom stereocenters. The summed E-state index contributed by atoms with van der Waals surface area (Å²) in [7, 11) is 3.15. The number of carbonyl (C=O) groups excluding carboxylic acids is 1. The lowest BCUT2D eigenvalue weighted by molar-refractivity contribution is -0.384. The second-order valence-corrected chi connectivity index (χ2v) is 8.24. The quantitative estimate of drug-likeness (QED) is 0.250. The number of aromatic nitrogens is 2. The first-order chi connectivity index (χ1) is 17.4. The van der Waals surface area contributed by atoms with Crippen molar-refractivity contribution in [2.24, 2.45) is 0 Å². The van der Waals surface area contributed by atoms with Crippen LogP contribution in [-0.2, 0) is 6.42 Å². The van der Waals surface area contributed by atoms with E-state index in [1.807, 2.05) is 18.2 Å². The van der Waals surface area contributed by atoms with Crippen LogP contribution in [0.15, 0.2) is 72.8 Å². The lowest BCUT2D eigenvalue weighted by Crippen LogP contribution is -2.27. The number of carbonyl (C=O) groups is 1. The van der Waals surface area contributed by atoms with E-state index in [-0.39, 0.29) is 11.6 Å². The number of hydrogen-bond acceptors (Lipinski definition) is 6. The number of halogens is 1. The zero-order valence-corrected chi connectivity index (χ0v) is 20.4. The molecule has 0 fully saturated rings. The zero-order chi connectivity index (χ0) is 25.7. The van der Waals surface area contributed by atoms with Crippen LogP contribution in [-0.4, -0.2) is 41.4 Å². The minimum absolute atomic E-state index is 0.0267. The van der Waals surface area contributed by atoms with Crippen LogP contribution in [0.4, 0.5) is 5.69 Å². The van der Waals surface area contributed by atoms with E-state index in [0.717, 1.165) is 5.56 Å². The molecule has 4 aromatic rings. The summed E-state index contributed by atoms with van der Waals surface area (Å²) in [6.07, 6.45) is 0.576. The third kappa shape index (κ3) is 5.47. The van der Waals surface area contributed by atoms with Crippen LogP contribution in [0.3, 0.4) is 0 Å². The van der Waals surface area contributed by atoms with E-state index < -0.39 is 4.92 Å². The van der Waals surface area contributed by atoms with Gasteiger partial charge in [-0.25, -0.2) is 4.68 Å². The number of methoxy groups -OCH3 is 2. The first-order valence-corrected chi connectivity index (χ1v) is 11.4. The minimum atomic E-state index is -0.467. The number of ether oxygens (including phenoxy) is 2. The third-order valence-electron chi connectivity index (χ3n) is 5.52. The lowest BCUT2D eigenvalue weighted by atomic mass is 10.1. The van der Waals surface area contributed by atoms with Gasteiger partial charge in [0.2, 0.25) is 0 Å². The summed E-state index contributed by atoms with van der Waals surface area (Å²) in [5.41, 5.74) is 3.00. The van der Waals surface area contributed by atoms with Gasteiger partial charge in [-0.1, -0.05) is 23.7 Å². The van der Waals surface area contributed by atoms with Gasteiger partial charge in [0.05, 0.1) is 30.5 Å². The van der Waals surface area contributed by atoms with Gasteiger partial charge < -0.3 is 14.8 Å². The maximum atomic E-state index is 13.2. The Morgan fingerprint density at radius 3 is 2.44 bits per heavy atom. The van der Waals surface area contributed by atoms with Crippen molar-refractivity contribution in [3.8, 4) is 28.4 Å². The highest BCUT2D eigenvalue weighted by Crippen LogP contribution is 2.28. The molecule has 1 amide bonds. The molecule has 1 N–H and O–H groups in total. The van der Waals surface area contributed by atoms with E-state index >= 15 is 0 Å². The number of nitrogens with zero attached hydrogens (tertiary/aromatic N) is 3. The van der Waals surface area contributed by atoms with Crippen LogP contribution in [0, 0.1) is 10.1 Å². The highest BCUT2D eigenvalue weighted by Gasteiger charge is 2.18. The number of nitrogens with one attached hydrogen (secondary N) is 1. The van der Waals surface area contributed by atoms with E-state index in [2.05, 4.69) is 10.4 Å². The fourth-order valence-electron chi connectivity index (χ4n) is 3.69. The number of non-ortho nitro benzene ring substituents is 1. The number of nitro groups is 1. The summed E-state index contributed by atoms with van der Waals surface area (Å²) in [6, 6.07) is 20.2. The molecule has 0 aliphatic heterocycles. The Hall–Kier alpha value is -4.37. The Morgan fingerprint density at radius 2 is 1.78 bits per heavy atom. The molecule has 4 rings (SSSR count). The van der Waals surface area contributed by atoms with Crippen molar-refractivity contribution in [1.82, 2.24) is 15.1 Å². The van der Waals surface area contributed by atoms with Crippen molar-refractivity contribution >= 4 is 23.2 Å². The van der Waals surface area contributed by atoms with Gasteiger partial charge >= 0.3 is 0 Å². The predicted octanol–water partition coefficient (Wildman–Crippen LogP) is 5.09. The minimum Gasteiger partial charge on any atom is -0.493 e. The van der Waals surface area contributed by atoms with Crippen molar-refractivity contribution in [2.75, 3.05) is 20.8 Å². The summed E-state index contributed by atoms with van der Waals surface area (Å²) in [5.74, 6) is 0.929. The fraction of sp³-hybridized carbons (Fsp3) is 0.154. The molecular weight excluding hydrogens is 484 g/mol. The van der Waals surface area contributed by atoms with E-state index in [9.17, 15) is 14.9 Å². The van der Waals surface area contributed by atoms with Crippen molar-refractivity contribution in [1.29, 1.82) is 0 Å². The Balaban J connectivity index is 1.58. The Kier molecular flexibility index (Phi) is 7.50. The lowest BCUT2D eigenvalue weighted by Gasteiger charge is -2.11. The van der Waals surface area contributed by atoms with Gasteiger partial charge in [0.25, 0.3) is 11.6 Å². The van der Waals surface area contributed by atoms with Crippen LogP contribution >= 0.6 is 11.6 Å². The summed E-state index contributed by atoms with van der Waals surface area (Å²) in [6.45, 7) is 0.377. The second kappa shape index (κ2) is 10.9. The first kappa shape index (κ1) is 24.7. The van der Waals surface area contributed by atoms with Gasteiger partial charge in [-0.15, -0.1) is 0 Å². The molecule has 36 heavy (non-hydrogen) atoms. The average molecular weight is 507 g/mol. The standard InChI is InChI=1S/C26H23ClN4O5/c1-35-24-11-6-17(14-25(24)36-2)12-13-28-26(32)23-16-22(18-7-9-20(10-8-18)31(33)34)29-30(23)21-5-3-4-19(27)15-21/h3-11,14-16H,12-13H2,1-2H3,(H,28,32). The highest BCUT2D eigenvalue weighted by atomic mass is 35.5. The first-order valence-electron chi connectivity index (χ1n) is 11.0. The third-order valence-corrected chi connectivity index (χ3v) is 5.75. The van der Waals surface area contributed by atoms with Crippen molar-refractivity contribution in [2.45, 2.75) is 6.42 Å². The van der Waals surface area contributed by atoms with Crippen LogP contribution in [0.1, 0.15) is 16.1 Å². The molecule has 0 spiro atoms. The monoisotopic (exact) mass is 506 g/mol. The van der Waals surface area contributed by atoms with Gasteiger partial charge in [-0.2, -0.15) is 5.10 Å². The van der Waals surface area contributed by atoms with Gasteiger partial charge in [-0.05, 0) is 60.5 Å². The molecule has 1 heterocycles. The SMILES string of the molecule is COc1ccc(CCNC(=O)c2cc(-c3ccc([N+](=O)[O-])cc3)nn2-c2cccc(Cl)c2)cc1OC. The molecule has 0 radical (unpaired) electrons. The summed E-state index contributed by atoms with van der Waals surface area (Å²) in [5, 5.41) is 19.0. The molecule has 0 saturated heterocycles. The molecule has 0 unspecified atom stereocenters. The van der Waals surface area contributed by atoms with Gasteiger partial charge in [-0.3, -0.25) is 14.9 Å². The number of benzene rings is 3. The summed E-state index contributed by atoms with van der Waals surface area (Å²) < 4.78 is 12.1. The Bertz CT molecular complexity index is 1400. The van der Waals surface area contributed by atoms with Crippen LogP contribution < -0.4 is 14.8 Å². The molecule has 184 valence electrons. The number of rotatable bonds is 9. The molecule has 1 aromatic heterocycles. The predicted molar refractivity (Wildman–Crippen MR) is 136 cm³/mol. The molecule has 0 bridgehead atoms. The molecule has 3 aromatic carbocycles. The normalized spacial score (nSPS) is 10.6. The Morgan fingerprint density at radius 1 is 1.03 bits per heavy atom. The number of amides is 1. The van der Waals surface area contributed by atoms with E-state index in [1.54, 1.807) is 56.7 Å². The zero-order valence-electron chi connectivity index (χ0n) is 19.6. The average Bonchev–Trinajstić information content (AvgIpc) is 3.34. The topological polar surface area (TPSA) is 109 Å². The molecule has 0 aliphatic rings. The molecule has 10 heteroatoms. The van der Waals surface area contributed by atoms with Crippen LogP contribution in [0.2, 0.25) is 5.02 Å². The Labute approximate surface area is 212 Å². The summed E-state index contributed by atoms with van der Waals surface area (Å²) >= 11 is 6.17. The maximum absolute atomic E-state index is 13.2. The molecule has 9 nitrogen and oxygen atoms in total. The van der Waals surface area contributed by atoms with Crippen molar-refractivity contribution < 1.29 is 19.2 Å². The highest BCUT2D eigenvalue weighted by molar-refractivity contribution is 6.30. The molecular formula is C26H23ClN4O5. The second-order valence-electron chi connectivity index (χ2n) is 7.81. The van der Waals surface area contributed by atoms with Crippen molar-refractivity contribution in [3.05, 3.63) is 99.2 Å². The van der Waals surface area contributed by atoms with Crippen LogP contribution in [0.5, 0.6) is 11.5 Å². The fourth-order valence-corrected chi connectivity index (χ4v) is 3.87. The largest absolute Gasteiger partial charge is 0.493 e. The van der Waals surface area contributed by atoms with Crippen LogP contribution in [0.25, 0.3) is 16.9 Å².